The van der Waals surface area contributed by atoms with Gasteiger partial charge in [-0.25, -0.2) is 26.0 Å². The maximum Gasteiger partial charge on any atom is 0.338 e. The largest absolute Gasteiger partial charge is 0.489 e. The number of nitrogens with one attached hydrogen (secondary N) is 1. The number of carbonyl (C=O) groups excluding carboxylic acids is 1. The summed E-state index contributed by atoms with van der Waals surface area (Å²) in [4.78, 5) is 11.4. The molecule has 0 bridgehead atoms. The van der Waals surface area contributed by atoms with Crippen LogP contribution in [0.2, 0.25) is 0 Å². The fraction of sp³-hybridized carbons (Fsp3) is 0.350. The number of hydrogen-bond donors (Lipinski definition) is 1. The van der Waals surface area contributed by atoms with Crippen LogP contribution in [0.5, 0.6) is 5.75 Å². The summed E-state index contributed by atoms with van der Waals surface area (Å²) in [5.41, 5.74) is 0.119. The van der Waals surface area contributed by atoms with Crippen LogP contribution in [-0.2, 0) is 24.8 Å². The van der Waals surface area contributed by atoms with Gasteiger partial charge in [-0.2, -0.15) is 0 Å². The molecule has 0 radical (unpaired) electrons. The van der Waals surface area contributed by atoms with Crippen LogP contribution >= 0.6 is 0 Å². The Labute approximate surface area is 186 Å². The first kappa shape index (κ1) is 23.8. The summed E-state index contributed by atoms with van der Waals surface area (Å²) in [7, 11) is -8.05. The molecule has 0 aliphatic carbocycles. The van der Waals surface area contributed by atoms with Crippen molar-refractivity contribution >= 4 is 37.4 Å². The van der Waals surface area contributed by atoms with E-state index in [9.17, 15) is 26.0 Å². The second-order valence-corrected chi connectivity index (χ2v) is 10.6. The second-order valence-electron chi connectivity index (χ2n) is 6.89. The van der Waals surface area contributed by atoms with E-state index in [1.807, 2.05) is 0 Å². The van der Waals surface area contributed by atoms with Crippen LogP contribution in [0.4, 0.5) is 15.8 Å². The van der Waals surface area contributed by atoms with Crippen molar-refractivity contribution in [2.75, 3.05) is 34.5 Å². The minimum absolute atomic E-state index is 0.0293. The monoisotopic (exact) mass is 486 g/mol. The first-order chi connectivity index (χ1) is 15.1. The van der Waals surface area contributed by atoms with Crippen LogP contribution in [0.15, 0.2) is 41.3 Å². The van der Waals surface area contributed by atoms with Crippen LogP contribution < -0.4 is 13.8 Å². The van der Waals surface area contributed by atoms with Crippen LogP contribution in [0.1, 0.15) is 30.6 Å². The molecule has 0 aromatic heterocycles. The predicted octanol–water partition coefficient (Wildman–Crippen LogP) is 2.74. The fourth-order valence-corrected chi connectivity index (χ4v) is 5.80. The molecule has 0 saturated heterocycles. The van der Waals surface area contributed by atoms with Gasteiger partial charge in [0.2, 0.25) is 10.0 Å². The fourth-order valence-electron chi connectivity index (χ4n) is 3.18. The zero-order chi connectivity index (χ0) is 23.5. The van der Waals surface area contributed by atoms with E-state index in [2.05, 4.69) is 4.72 Å². The van der Waals surface area contributed by atoms with Gasteiger partial charge in [0.1, 0.15) is 23.1 Å². The van der Waals surface area contributed by atoms with Crippen LogP contribution in [0.25, 0.3) is 0 Å². The smallest absolute Gasteiger partial charge is 0.338 e. The van der Waals surface area contributed by atoms with Gasteiger partial charge in [0, 0.05) is 0 Å². The number of ether oxygens (including phenoxy) is 2. The van der Waals surface area contributed by atoms with Gasteiger partial charge in [-0.15, -0.1) is 0 Å². The van der Waals surface area contributed by atoms with Crippen molar-refractivity contribution in [3.05, 3.63) is 47.8 Å². The summed E-state index contributed by atoms with van der Waals surface area (Å²) in [6.45, 7) is 3.40. The third-order valence-electron chi connectivity index (χ3n) is 4.54. The Balaban J connectivity index is 1.97. The molecule has 0 saturated carbocycles. The molecule has 174 valence electrons. The number of hydrogen-bond acceptors (Lipinski definition) is 7. The summed E-state index contributed by atoms with van der Waals surface area (Å²) in [5, 5.41) is 0. The Hall–Kier alpha value is -2.86. The van der Waals surface area contributed by atoms with E-state index in [0.717, 1.165) is 16.4 Å². The van der Waals surface area contributed by atoms with Crippen molar-refractivity contribution in [2.24, 2.45) is 0 Å². The first-order valence-corrected chi connectivity index (χ1v) is 12.9. The minimum atomic E-state index is -4.38. The van der Waals surface area contributed by atoms with Gasteiger partial charge in [-0.1, -0.05) is 6.92 Å². The number of benzene rings is 2. The molecular formula is C20H23FN2O7S2. The Bertz CT molecular complexity index is 1230. The highest BCUT2D eigenvalue weighted by molar-refractivity contribution is 7.93. The SMILES string of the molecule is CCCS(=O)(=O)Nc1ccc(S(=O)(=O)N2CCOc3ccc(C(=O)OCC)cc32)c(F)c1. The number of fused-ring (bicyclic) bond motifs is 1. The summed E-state index contributed by atoms with van der Waals surface area (Å²) < 4.78 is 78.7. The number of carbonyl (C=O) groups is 1. The summed E-state index contributed by atoms with van der Waals surface area (Å²) >= 11 is 0. The molecular weight excluding hydrogens is 463 g/mol. The molecule has 0 spiro atoms. The van der Waals surface area contributed by atoms with Gasteiger partial charge in [0.25, 0.3) is 10.0 Å². The molecule has 1 aliphatic rings. The van der Waals surface area contributed by atoms with Crippen LogP contribution in [-0.4, -0.2) is 48.3 Å². The average Bonchev–Trinajstić information content (AvgIpc) is 2.72. The highest BCUT2D eigenvalue weighted by Gasteiger charge is 2.33. The Morgan fingerprint density at radius 1 is 1.16 bits per heavy atom. The molecule has 0 amide bonds. The molecule has 0 unspecified atom stereocenters. The number of sulfonamides is 2. The van der Waals surface area contributed by atoms with E-state index in [4.69, 9.17) is 9.47 Å². The summed E-state index contributed by atoms with van der Waals surface area (Å²) in [5.74, 6) is -1.68. The van der Waals surface area contributed by atoms with E-state index < -0.39 is 36.7 Å². The lowest BCUT2D eigenvalue weighted by Gasteiger charge is -2.30. The molecule has 0 atom stereocenters. The maximum atomic E-state index is 14.8. The number of esters is 1. The molecule has 9 nitrogen and oxygen atoms in total. The van der Waals surface area contributed by atoms with Crippen LogP contribution in [0.3, 0.4) is 0 Å². The molecule has 12 heteroatoms. The van der Waals surface area contributed by atoms with E-state index in [-0.39, 0.29) is 48.2 Å². The third-order valence-corrected chi connectivity index (χ3v) is 7.88. The normalized spacial score (nSPS) is 13.8. The first-order valence-electron chi connectivity index (χ1n) is 9.85. The number of halogens is 1. The quantitative estimate of drug-likeness (QED) is 0.570. The maximum absolute atomic E-state index is 14.8. The topological polar surface area (TPSA) is 119 Å². The highest BCUT2D eigenvalue weighted by Crippen LogP contribution is 2.37. The van der Waals surface area contributed by atoms with E-state index in [1.54, 1.807) is 13.8 Å². The van der Waals surface area contributed by atoms with E-state index in [0.29, 0.717) is 6.42 Å². The van der Waals surface area contributed by atoms with Crippen molar-refractivity contribution in [2.45, 2.75) is 25.2 Å². The lowest BCUT2D eigenvalue weighted by Crippen LogP contribution is -2.38. The standard InChI is InChI=1S/C20H23FN2O7S2/c1-3-11-31(25,26)22-15-6-8-19(16(21)13-15)32(27,28)23-9-10-30-18-7-5-14(12-17(18)23)20(24)29-4-2/h5-8,12-13,22H,3-4,9-11H2,1-2H3. The van der Waals surface area contributed by atoms with Crippen molar-refractivity contribution in [3.8, 4) is 5.75 Å². The van der Waals surface area contributed by atoms with Crippen molar-refractivity contribution < 1.29 is 35.5 Å². The van der Waals surface area contributed by atoms with E-state index >= 15 is 0 Å². The number of anilines is 2. The minimum Gasteiger partial charge on any atom is -0.489 e. The van der Waals surface area contributed by atoms with Gasteiger partial charge in [-0.3, -0.25) is 9.03 Å². The lowest BCUT2D eigenvalue weighted by molar-refractivity contribution is 0.0526. The molecule has 1 aliphatic heterocycles. The van der Waals surface area contributed by atoms with Gasteiger partial charge < -0.3 is 9.47 Å². The molecule has 0 fully saturated rings. The third kappa shape index (κ3) is 4.96. The second kappa shape index (κ2) is 9.33. The zero-order valence-corrected chi connectivity index (χ0v) is 19.1. The summed E-state index contributed by atoms with van der Waals surface area (Å²) in [6, 6.07) is 7.21. The van der Waals surface area contributed by atoms with E-state index in [1.165, 1.54) is 24.3 Å². The van der Waals surface area contributed by atoms with Crippen molar-refractivity contribution in [1.29, 1.82) is 0 Å². The number of nitrogens with zero attached hydrogens (tertiary/aromatic N) is 1. The van der Waals surface area contributed by atoms with Gasteiger partial charge in [-0.05, 0) is 49.7 Å². The summed E-state index contributed by atoms with van der Waals surface area (Å²) in [6.07, 6.45) is 0.370. The number of rotatable bonds is 8. The van der Waals surface area contributed by atoms with Crippen molar-refractivity contribution in [1.82, 2.24) is 0 Å². The molecule has 2 aromatic carbocycles. The van der Waals surface area contributed by atoms with Gasteiger partial charge in [0.05, 0.1) is 35.8 Å². The Morgan fingerprint density at radius 2 is 1.91 bits per heavy atom. The molecule has 1 heterocycles. The molecule has 2 aromatic rings. The Kier molecular flexibility index (Phi) is 6.94. The van der Waals surface area contributed by atoms with Gasteiger partial charge >= 0.3 is 5.97 Å². The lowest BCUT2D eigenvalue weighted by atomic mass is 10.1. The van der Waals surface area contributed by atoms with Crippen LogP contribution in [0, 0.1) is 5.82 Å². The van der Waals surface area contributed by atoms with Gasteiger partial charge in [0.15, 0.2) is 0 Å². The molecule has 1 N–H and O–H groups in total. The zero-order valence-electron chi connectivity index (χ0n) is 17.5. The predicted molar refractivity (Wildman–Crippen MR) is 117 cm³/mol. The Morgan fingerprint density at radius 3 is 2.56 bits per heavy atom. The molecule has 3 rings (SSSR count). The average molecular weight is 487 g/mol. The van der Waals surface area contributed by atoms with Crippen molar-refractivity contribution in [3.63, 3.8) is 0 Å². The highest BCUT2D eigenvalue weighted by atomic mass is 32.2. The molecule has 32 heavy (non-hydrogen) atoms.